The van der Waals surface area contributed by atoms with Crippen LogP contribution >= 0.6 is 11.7 Å². The molecule has 3 aromatic rings. The van der Waals surface area contributed by atoms with E-state index < -0.39 is 10.0 Å². The number of aromatic nitrogens is 2. The Morgan fingerprint density at radius 1 is 1.00 bits per heavy atom. The molecular weight excluding hydrogens is 422 g/mol. The zero-order valence-electron chi connectivity index (χ0n) is 17.2. The molecule has 2 aromatic carbocycles. The molecule has 0 radical (unpaired) electrons. The van der Waals surface area contributed by atoms with Crippen LogP contribution in [0.5, 0.6) is 5.75 Å². The Kier molecular flexibility index (Phi) is 6.30. The minimum absolute atomic E-state index is 0.0484. The Balaban J connectivity index is 1.92. The molecule has 0 bridgehead atoms. The van der Waals surface area contributed by atoms with Gasteiger partial charge >= 0.3 is 0 Å². The van der Waals surface area contributed by atoms with Gasteiger partial charge in [-0.25, -0.2) is 13.1 Å². The van der Waals surface area contributed by atoms with Gasteiger partial charge in [0.15, 0.2) is 17.4 Å². The van der Waals surface area contributed by atoms with E-state index >= 15 is 0 Å². The van der Waals surface area contributed by atoms with E-state index in [2.05, 4.69) is 44.9 Å². The van der Waals surface area contributed by atoms with Crippen LogP contribution in [0.2, 0.25) is 0 Å². The highest BCUT2D eigenvalue weighted by atomic mass is 32.2. The number of sulfonamides is 1. The molecular formula is C20H25N5O3S2. The van der Waals surface area contributed by atoms with Gasteiger partial charge in [0.05, 0.1) is 23.5 Å². The lowest BCUT2D eigenvalue weighted by atomic mass is 9.82. The summed E-state index contributed by atoms with van der Waals surface area (Å²) in [5, 5.41) is 16.9. The molecule has 3 rings (SSSR count). The van der Waals surface area contributed by atoms with Crippen molar-refractivity contribution < 1.29 is 13.5 Å². The van der Waals surface area contributed by atoms with E-state index in [0.29, 0.717) is 11.6 Å². The summed E-state index contributed by atoms with van der Waals surface area (Å²) >= 11 is 1.02. The topological polar surface area (TPSA) is 116 Å². The number of nitrogens with zero attached hydrogens (tertiary/aromatic N) is 2. The Morgan fingerprint density at radius 2 is 1.67 bits per heavy atom. The standard InChI is InChI=1S/C20H25N5O3S2/c1-20(2,3)17(13-9-6-5-7-10-13)23-19-18(24-29-25-19)22-14-11-8-12-15(16(14)26)30(27,28)21-4/h5-12,17,21,26H,1-4H3,(H,22,24)(H,23,25)/t17-/m0/s1. The highest BCUT2D eigenvalue weighted by Gasteiger charge is 2.28. The van der Waals surface area contributed by atoms with Gasteiger partial charge < -0.3 is 15.7 Å². The normalized spacial score (nSPS) is 13.1. The molecule has 1 heterocycles. The van der Waals surface area contributed by atoms with Gasteiger partial charge in [0.2, 0.25) is 10.0 Å². The van der Waals surface area contributed by atoms with Crippen molar-refractivity contribution in [2.75, 3.05) is 17.7 Å². The van der Waals surface area contributed by atoms with E-state index in [4.69, 9.17) is 0 Å². The smallest absolute Gasteiger partial charge is 0.244 e. The van der Waals surface area contributed by atoms with Crippen molar-refractivity contribution in [3.63, 3.8) is 0 Å². The summed E-state index contributed by atoms with van der Waals surface area (Å²) < 4.78 is 35.1. The first-order valence-corrected chi connectivity index (χ1v) is 11.5. The summed E-state index contributed by atoms with van der Waals surface area (Å²) in [5.74, 6) is 0.533. The number of nitrogens with one attached hydrogen (secondary N) is 3. The third-order valence-corrected chi connectivity index (χ3v) is 6.55. The molecule has 0 fully saturated rings. The van der Waals surface area contributed by atoms with Crippen molar-refractivity contribution in [2.24, 2.45) is 5.41 Å². The third-order valence-electron chi connectivity index (χ3n) is 4.58. The van der Waals surface area contributed by atoms with Crippen LogP contribution in [-0.2, 0) is 10.0 Å². The van der Waals surface area contributed by atoms with Crippen molar-refractivity contribution in [3.8, 4) is 5.75 Å². The first-order chi connectivity index (χ1) is 14.1. The van der Waals surface area contributed by atoms with Crippen LogP contribution in [0.3, 0.4) is 0 Å². The molecule has 0 aliphatic heterocycles. The molecule has 0 aliphatic rings. The molecule has 0 aliphatic carbocycles. The van der Waals surface area contributed by atoms with Gasteiger partial charge in [-0.05, 0) is 30.2 Å². The summed E-state index contributed by atoms with van der Waals surface area (Å²) in [5.41, 5.74) is 1.20. The Hall–Kier alpha value is -2.69. The lowest BCUT2D eigenvalue weighted by Gasteiger charge is -2.32. The maximum atomic E-state index is 12.1. The number of phenolic OH excluding ortho intramolecular Hbond substituents is 1. The highest BCUT2D eigenvalue weighted by molar-refractivity contribution is 7.89. The largest absolute Gasteiger partial charge is 0.504 e. The maximum absolute atomic E-state index is 12.1. The average Bonchev–Trinajstić information content (AvgIpc) is 3.14. The number of hydrogen-bond donors (Lipinski definition) is 4. The number of aromatic hydroxyl groups is 1. The summed E-state index contributed by atoms with van der Waals surface area (Å²) in [6.45, 7) is 6.38. The fourth-order valence-electron chi connectivity index (χ4n) is 3.02. The van der Waals surface area contributed by atoms with Crippen LogP contribution in [0.25, 0.3) is 0 Å². The fourth-order valence-corrected chi connectivity index (χ4v) is 4.34. The highest BCUT2D eigenvalue weighted by Crippen LogP contribution is 2.39. The summed E-state index contributed by atoms with van der Waals surface area (Å²) in [4.78, 5) is -0.218. The molecule has 8 nitrogen and oxygen atoms in total. The lowest BCUT2D eigenvalue weighted by Crippen LogP contribution is -2.26. The van der Waals surface area contributed by atoms with Crippen LogP contribution in [-0.4, -0.2) is 29.3 Å². The second-order valence-electron chi connectivity index (χ2n) is 7.80. The van der Waals surface area contributed by atoms with E-state index in [1.165, 1.54) is 13.1 Å². The molecule has 0 saturated heterocycles. The monoisotopic (exact) mass is 447 g/mol. The molecule has 30 heavy (non-hydrogen) atoms. The van der Waals surface area contributed by atoms with Gasteiger partial charge in [0, 0.05) is 0 Å². The SMILES string of the molecule is CNS(=O)(=O)c1cccc(Nc2nsnc2N[C@@H](c2ccccc2)C(C)(C)C)c1O. The fraction of sp³-hybridized carbons (Fsp3) is 0.300. The first-order valence-electron chi connectivity index (χ1n) is 9.30. The predicted octanol–water partition coefficient (Wildman–Crippen LogP) is 4.09. The minimum Gasteiger partial charge on any atom is -0.504 e. The molecule has 1 atom stereocenters. The molecule has 160 valence electrons. The van der Waals surface area contributed by atoms with Crippen LogP contribution < -0.4 is 15.4 Å². The number of benzene rings is 2. The van der Waals surface area contributed by atoms with Crippen molar-refractivity contribution >= 4 is 39.1 Å². The number of phenols is 1. The molecule has 0 amide bonds. The number of rotatable bonds is 7. The molecule has 10 heteroatoms. The van der Waals surface area contributed by atoms with E-state index in [1.807, 2.05) is 30.3 Å². The predicted molar refractivity (Wildman–Crippen MR) is 120 cm³/mol. The molecule has 4 N–H and O–H groups in total. The van der Waals surface area contributed by atoms with Gasteiger partial charge in [0.25, 0.3) is 0 Å². The van der Waals surface area contributed by atoms with E-state index in [1.54, 1.807) is 12.1 Å². The molecule has 0 spiro atoms. The lowest BCUT2D eigenvalue weighted by molar-refractivity contribution is 0.347. The van der Waals surface area contributed by atoms with Crippen molar-refractivity contribution in [1.82, 2.24) is 13.5 Å². The van der Waals surface area contributed by atoms with E-state index in [-0.39, 0.29) is 27.8 Å². The Labute approximate surface area is 180 Å². The van der Waals surface area contributed by atoms with Gasteiger partial charge in [-0.15, -0.1) is 0 Å². The second kappa shape index (κ2) is 8.58. The summed E-state index contributed by atoms with van der Waals surface area (Å²) in [6.07, 6.45) is 0. The van der Waals surface area contributed by atoms with E-state index in [9.17, 15) is 13.5 Å². The van der Waals surface area contributed by atoms with Gasteiger partial charge in [-0.2, -0.15) is 8.75 Å². The number of anilines is 3. The van der Waals surface area contributed by atoms with Gasteiger partial charge in [-0.1, -0.05) is 57.2 Å². The molecule has 0 saturated carbocycles. The quantitative estimate of drug-likeness (QED) is 0.403. The van der Waals surface area contributed by atoms with Gasteiger partial charge in [0.1, 0.15) is 4.90 Å². The van der Waals surface area contributed by atoms with Crippen molar-refractivity contribution in [3.05, 3.63) is 54.1 Å². The third kappa shape index (κ3) is 4.72. The van der Waals surface area contributed by atoms with Crippen LogP contribution in [0.15, 0.2) is 53.4 Å². The van der Waals surface area contributed by atoms with Gasteiger partial charge in [-0.3, -0.25) is 0 Å². The zero-order chi connectivity index (χ0) is 21.9. The van der Waals surface area contributed by atoms with Crippen LogP contribution in [0.1, 0.15) is 32.4 Å². The summed E-state index contributed by atoms with van der Waals surface area (Å²) in [6, 6.07) is 14.4. The maximum Gasteiger partial charge on any atom is 0.244 e. The minimum atomic E-state index is -3.80. The van der Waals surface area contributed by atoms with E-state index in [0.717, 1.165) is 17.3 Å². The Bertz CT molecular complexity index is 1110. The number of hydrogen-bond acceptors (Lipinski definition) is 8. The average molecular weight is 448 g/mol. The molecule has 1 aromatic heterocycles. The van der Waals surface area contributed by atoms with Crippen LogP contribution in [0.4, 0.5) is 17.3 Å². The number of para-hydroxylation sites is 1. The summed E-state index contributed by atoms with van der Waals surface area (Å²) in [7, 11) is -2.51. The second-order valence-corrected chi connectivity index (χ2v) is 10.2. The zero-order valence-corrected chi connectivity index (χ0v) is 18.8. The van der Waals surface area contributed by atoms with Crippen molar-refractivity contribution in [1.29, 1.82) is 0 Å². The first kappa shape index (κ1) is 22.0. The molecule has 0 unspecified atom stereocenters. The Morgan fingerprint density at radius 3 is 2.30 bits per heavy atom. The van der Waals surface area contributed by atoms with Crippen LogP contribution in [0, 0.1) is 5.41 Å². The van der Waals surface area contributed by atoms with Crippen molar-refractivity contribution in [2.45, 2.75) is 31.7 Å².